The predicted octanol–water partition coefficient (Wildman–Crippen LogP) is 1.21. The van der Waals surface area contributed by atoms with Gasteiger partial charge in [0.25, 0.3) is 0 Å². The summed E-state index contributed by atoms with van der Waals surface area (Å²) in [7, 11) is 1.60. The molecule has 5 N–H and O–H groups in total. The van der Waals surface area contributed by atoms with E-state index in [0.29, 0.717) is 28.5 Å². The van der Waals surface area contributed by atoms with Gasteiger partial charge in [0.05, 0.1) is 36.6 Å². The lowest BCUT2D eigenvalue weighted by atomic mass is 10.2. The Bertz CT molecular complexity index is 782. The van der Waals surface area contributed by atoms with Crippen LogP contribution in [0.5, 0.6) is 5.75 Å². The van der Waals surface area contributed by atoms with Crippen molar-refractivity contribution in [1.29, 1.82) is 0 Å². The second-order valence-corrected chi connectivity index (χ2v) is 4.52. The lowest BCUT2D eigenvalue weighted by Gasteiger charge is -2.05. The minimum absolute atomic E-state index is 0.475. The van der Waals surface area contributed by atoms with E-state index in [-0.39, 0.29) is 0 Å². The number of rotatable bonds is 4. The first kappa shape index (κ1) is 13.8. The van der Waals surface area contributed by atoms with Gasteiger partial charge in [0.15, 0.2) is 0 Å². The molecule has 22 heavy (non-hydrogen) atoms. The van der Waals surface area contributed by atoms with Crippen molar-refractivity contribution in [1.82, 2.24) is 19.5 Å². The largest absolute Gasteiger partial charge is 0.495 e. The average molecular weight is 297 g/mol. The van der Waals surface area contributed by atoms with E-state index in [4.69, 9.17) is 16.3 Å². The number of aromatic nitrogens is 4. The third-order valence-electron chi connectivity index (χ3n) is 3.16. The van der Waals surface area contributed by atoms with E-state index < -0.39 is 0 Å². The molecule has 3 aromatic rings. The second-order valence-electron chi connectivity index (χ2n) is 4.52. The number of hydrogen-bond donors (Lipinski definition) is 3. The smallest absolute Gasteiger partial charge is 0.138 e. The van der Waals surface area contributed by atoms with Crippen molar-refractivity contribution in [3.05, 3.63) is 43.1 Å². The minimum Gasteiger partial charge on any atom is -0.495 e. The lowest BCUT2D eigenvalue weighted by molar-refractivity contribution is 0.413. The first-order valence-corrected chi connectivity index (χ1v) is 6.48. The van der Waals surface area contributed by atoms with Crippen molar-refractivity contribution in [2.75, 3.05) is 18.3 Å². The van der Waals surface area contributed by atoms with E-state index in [2.05, 4.69) is 20.4 Å². The van der Waals surface area contributed by atoms with Crippen LogP contribution in [0.2, 0.25) is 0 Å². The molecule has 0 bridgehead atoms. The zero-order valence-corrected chi connectivity index (χ0v) is 11.9. The lowest BCUT2D eigenvalue weighted by Crippen LogP contribution is -2.09. The molecule has 3 aromatic heterocycles. The number of imidazole rings is 1. The topological polar surface area (TPSA) is 117 Å². The first-order chi connectivity index (χ1) is 10.7. The normalized spacial score (nSPS) is 10.5. The number of hydrazine groups is 1. The van der Waals surface area contributed by atoms with E-state index >= 15 is 0 Å². The molecule has 0 atom stereocenters. The van der Waals surface area contributed by atoms with Gasteiger partial charge < -0.3 is 15.9 Å². The Morgan fingerprint density at radius 2 is 2.00 bits per heavy atom. The van der Waals surface area contributed by atoms with Gasteiger partial charge in [-0.3, -0.25) is 15.4 Å². The van der Waals surface area contributed by atoms with Gasteiger partial charge in [-0.05, 0) is 18.2 Å². The summed E-state index contributed by atoms with van der Waals surface area (Å²) in [6.45, 7) is 0. The average Bonchev–Trinajstić information content (AvgIpc) is 3.05. The number of ether oxygens (including phenoxy) is 1. The molecule has 0 aliphatic carbocycles. The van der Waals surface area contributed by atoms with Crippen molar-refractivity contribution in [2.45, 2.75) is 0 Å². The number of nitrogens with two attached hydrogens (primary N) is 2. The molecular formula is C14H15N7O. The highest BCUT2D eigenvalue weighted by molar-refractivity contribution is 5.70. The molecule has 0 aromatic carbocycles. The molecule has 112 valence electrons. The third kappa shape index (κ3) is 2.54. The zero-order chi connectivity index (χ0) is 15.5. The molecule has 0 saturated carbocycles. The Hall–Kier alpha value is -3.13. The summed E-state index contributed by atoms with van der Waals surface area (Å²) in [5.74, 6) is 6.84. The molecule has 0 aliphatic heterocycles. The Balaban J connectivity index is 1.92. The van der Waals surface area contributed by atoms with Crippen LogP contribution in [0, 0.1) is 0 Å². The van der Waals surface area contributed by atoms with E-state index in [9.17, 15) is 0 Å². The molecule has 3 rings (SSSR count). The highest BCUT2D eigenvalue weighted by Gasteiger charge is 2.08. The van der Waals surface area contributed by atoms with Crippen molar-refractivity contribution >= 4 is 11.4 Å². The van der Waals surface area contributed by atoms with Crippen molar-refractivity contribution < 1.29 is 4.74 Å². The van der Waals surface area contributed by atoms with Gasteiger partial charge in [0.1, 0.15) is 23.6 Å². The molecule has 8 heteroatoms. The van der Waals surface area contributed by atoms with Crippen LogP contribution in [0.25, 0.3) is 17.2 Å². The van der Waals surface area contributed by atoms with Gasteiger partial charge >= 0.3 is 0 Å². The van der Waals surface area contributed by atoms with Crippen LogP contribution < -0.4 is 21.7 Å². The van der Waals surface area contributed by atoms with Crippen LogP contribution in [0.4, 0.5) is 11.4 Å². The highest BCUT2D eigenvalue weighted by Crippen LogP contribution is 2.23. The summed E-state index contributed by atoms with van der Waals surface area (Å²) in [6, 6.07) is 5.41. The van der Waals surface area contributed by atoms with Gasteiger partial charge in [-0.15, -0.1) is 0 Å². The summed E-state index contributed by atoms with van der Waals surface area (Å²) in [4.78, 5) is 12.9. The van der Waals surface area contributed by atoms with Crippen molar-refractivity contribution in [2.24, 2.45) is 5.84 Å². The molecule has 0 radical (unpaired) electrons. The van der Waals surface area contributed by atoms with Crippen LogP contribution in [-0.2, 0) is 0 Å². The van der Waals surface area contributed by atoms with Gasteiger partial charge in [-0.2, -0.15) is 0 Å². The number of anilines is 2. The maximum Gasteiger partial charge on any atom is 0.138 e. The SMILES string of the molecule is COc1ccc(-n2cnc(-c3cc(NN)c(N)cn3)c2)nc1. The number of hydrogen-bond acceptors (Lipinski definition) is 7. The molecule has 0 saturated heterocycles. The summed E-state index contributed by atoms with van der Waals surface area (Å²) >= 11 is 0. The molecule has 0 fully saturated rings. The monoisotopic (exact) mass is 297 g/mol. The maximum atomic E-state index is 5.75. The molecule has 3 heterocycles. The maximum absolute atomic E-state index is 5.75. The van der Waals surface area contributed by atoms with Crippen LogP contribution in [-0.4, -0.2) is 26.6 Å². The highest BCUT2D eigenvalue weighted by atomic mass is 16.5. The predicted molar refractivity (Wildman–Crippen MR) is 83.4 cm³/mol. The summed E-state index contributed by atoms with van der Waals surface area (Å²) in [5.41, 5.74) is 10.7. The fraction of sp³-hybridized carbons (Fsp3) is 0.0714. The van der Waals surface area contributed by atoms with Crippen LogP contribution >= 0.6 is 0 Å². The Morgan fingerprint density at radius 3 is 2.68 bits per heavy atom. The standard InChI is InChI=1S/C14H15N7O/c1-22-9-2-3-14(18-5-9)21-7-13(19-8-21)12-4-11(20-16)10(15)6-17-12/h2-8H,15-16H2,1H3,(H,17,20). The number of nitrogens with one attached hydrogen (secondary N) is 1. The number of pyridine rings is 2. The van der Waals surface area contributed by atoms with Gasteiger partial charge in [-0.1, -0.05) is 0 Å². The third-order valence-corrected chi connectivity index (χ3v) is 3.16. The summed E-state index contributed by atoms with van der Waals surface area (Å²) < 4.78 is 6.88. The summed E-state index contributed by atoms with van der Waals surface area (Å²) in [5, 5.41) is 0. The fourth-order valence-corrected chi connectivity index (χ4v) is 1.96. The quantitative estimate of drug-likeness (QED) is 0.489. The van der Waals surface area contributed by atoms with Crippen LogP contribution in [0.15, 0.2) is 43.1 Å². The van der Waals surface area contributed by atoms with Gasteiger partial charge in [0, 0.05) is 6.20 Å². The van der Waals surface area contributed by atoms with Crippen molar-refractivity contribution in [3.8, 4) is 23.0 Å². The molecule has 0 amide bonds. The Kier molecular flexibility index (Phi) is 3.58. The van der Waals surface area contributed by atoms with Crippen LogP contribution in [0.1, 0.15) is 0 Å². The molecule has 0 aliphatic rings. The zero-order valence-electron chi connectivity index (χ0n) is 11.9. The van der Waals surface area contributed by atoms with Crippen LogP contribution in [0.3, 0.4) is 0 Å². The first-order valence-electron chi connectivity index (χ1n) is 6.48. The number of nitrogens with zero attached hydrogens (tertiary/aromatic N) is 4. The summed E-state index contributed by atoms with van der Waals surface area (Å²) in [6.07, 6.45) is 6.67. The Labute approximate surface area is 126 Å². The molecule has 0 unspecified atom stereocenters. The molecular weight excluding hydrogens is 282 g/mol. The molecule has 8 nitrogen and oxygen atoms in total. The van der Waals surface area contributed by atoms with E-state index in [1.54, 1.807) is 30.3 Å². The second kappa shape index (κ2) is 5.70. The number of methoxy groups -OCH3 is 1. The van der Waals surface area contributed by atoms with Crippen molar-refractivity contribution in [3.63, 3.8) is 0 Å². The Morgan fingerprint density at radius 1 is 1.14 bits per heavy atom. The fourth-order valence-electron chi connectivity index (χ4n) is 1.96. The molecule has 0 spiro atoms. The van der Waals surface area contributed by atoms with E-state index in [1.807, 2.05) is 18.3 Å². The van der Waals surface area contributed by atoms with Gasteiger partial charge in [0.2, 0.25) is 0 Å². The van der Waals surface area contributed by atoms with Gasteiger partial charge in [-0.25, -0.2) is 9.97 Å². The number of nitrogen functional groups attached to an aromatic ring is 2. The van der Waals surface area contributed by atoms with E-state index in [0.717, 1.165) is 5.82 Å². The van der Waals surface area contributed by atoms with E-state index in [1.165, 1.54) is 6.20 Å². The minimum atomic E-state index is 0.475.